The number of nitrogens with one attached hydrogen (secondary N) is 3. The average Bonchev–Trinajstić information content (AvgIpc) is 3.49. The lowest BCUT2D eigenvalue weighted by Gasteiger charge is -2.05. The number of carbonyl (C=O) groups excluding carboxylic acids is 2. The summed E-state index contributed by atoms with van der Waals surface area (Å²) in [5.74, 6) is -3.31. The summed E-state index contributed by atoms with van der Waals surface area (Å²) in [6.45, 7) is -0.0402. The molecule has 4 aromatic rings. The third-order valence-electron chi connectivity index (χ3n) is 4.35. The minimum absolute atomic E-state index is 0.0234. The third-order valence-corrected chi connectivity index (χ3v) is 4.66. The Hall–Kier alpha value is -4.06. The second kappa shape index (κ2) is 8.59. The van der Waals surface area contributed by atoms with E-state index in [1.165, 1.54) is 6.07 Å². The van der Waals surface area contributed by atoms with Gasteiger partial charge in [-0.3, -0.25) is 14.7 Å². The van der Waals surface area contributed by atoms with Gasteiger partial charge in [-0.15, -0.1) is 10.2 Å². The van der Waals surface area contributed by atoms with Gasteiger partial charge in [-0.05, 0) is 24.3 Å². The lowest BCUT2D eigenvalue weighted by atomic mass is 10.2. The van der Waals surface area contributed by atoms with E-state index < -0.39 is 23.4 Å². The molecule has 164 valence electrons. The summed E-state index contributed by atoms with van der Waals surface area (Å²) < 4.78 is 33.9. The monoisotopic (exact) mass is 461 g/mol. The van der Waals surface area contributed by atoms with Crippen LogP contribution in [0.25, 0.3) is 11.6 Å². The number of nitrogens with zero attached hydrogens (tertiary/aromatic N) is 4. The van der Waals surface area contributed by atoms with Crippen LogP contribution in [0, 0.1) is 11.6 Å². The van der Waals surface area contributed by atoms with Crippen molar-refractivity contribution in [1.82, 2.24) is 30.3 Å². The molecule has 0 fully saturated rings. The molecule has 0 saturated carbocycles. The Bertz CT molecular complexity index is 1310. The molecule has 13 heteroatoms. The van der Waals surface area contributed by atoms with Gasteiger partial charge in [0.1, 0.15) is 11.4 Å². The van der Waals surface area contributed by atoms with Crippen LogP contribution in [0.15, 0.2) is 40.9 Å². The zero-order valence-corrected chi connectivity index (χ0v) is 17.1. The van der Waals surface area contributed by atoms with Gasteiger partial charge in [-0.25, -0.2) is 8.78 Å². The second-order valence-electron chi connectivity index (χ2n) is 6.56. The SMILES string of the molecule is Cn1cccc1-c1nnc(CNC(=O)c2cc(NC(=O)c3cc(F)c(F)cc3Cl)n[nH]2)o1. The van der Waals surface area contributed by atoms with Gasteiger partial charge in [0.2, 0.25) is 5.89 Å². The number of amides is 2. The van der Waals surface area contributed by atoms with Crippen LogP contribution < -0.4 is 10.6 Å². The van der Waals surface area contributed by atoms with E-state index >= 15 is 0 Å². The van der Waals surface area contributed by atoms with Crippen LogP contribution in [0.2, 0.25) is 5.02 Å². The molecule has 10 nitrogen and oxygen atoms in total. The summed E-state index contributed by atoms with van der Waals surface area (Å²) in [4.78, 5) is 24.6. The number of rotatable bonds is 6. The molecule has 4 rings (SSSR count). The fraction of sp³-hybridized carbons (Fsp3) is 0.105. The first-order valence-corrected chi connectivity index (χ1v) is 9.43. The number of anilines is 1. The summed E-state index contributed by atoms with van der Waals surface area (Å²) >= 11 is 5.78. The Labute approximate surface area is 183 Å². The Morgan fingerprint density at radius 1 is 1.19 bits per heavy atom. The third kappa shape index (κ3) is 4.34. The number of aromatic nitrogens is 5. The molecule has 0 unspecified atom stereocenters. The molecule has 2 amide bonds. The van der Waals surface area contributed by atoms with Gasteiger partial charge in [0.05, 0.1) is 17.1 Å². The van der Waals surface area contributed by atoms with E-state index in [1.807, 2.05) is 29.9 Å². The van der Waals surface area contributed by atoms with E-state index in [9.17, 15) is 18.4 Å². The van der Waals surface area contributed by atoms with Gasteiger partial charge < -0.3 is 19.6 Å². The zero-order valence-electron chi connectivity index (χ0n) is 16.3. The van der Waals surface area contributed by atoms with Crippen molar-refractivity contribution < 1.29 is 22.8 Å². The predicted octanol–water partition coefficient (Wildman–Crippen LogP) is 2.91. The number of carbonyl (C=O) groups is 2. The molecule has 0 aliphatic carbocycles. The molecule has 0 bridgehead atoms. The van der Waals surface area contributed by atoms with Gasteiger partial charge in [-0.1, -0.05) is 11.6 Å². The molecule has 3 aromatic heterocycles. The molecular weight excluding hydrogens is 448 g/mol. The topological polar surface area (TPSA) is 131 Å². The van der Waals surface area contributed by atoms with Crippen LogP contribution in [0.5, 0.6) is 0 Å². The first kappa shape index (κ1) is 21.2. The van der Waals surface area contributed by atoms with Crippen molar-refractivity contribution in [3.8, 4) is 11.6 Å². The maximum absolute atomic E-state index is 13.4. The highest BCUT2D eigenvalue weighted by molar-refractivity contribution is 6.34. The smallest absolute Gasteiger partial charge is 0.269 e. The number of hydrogen-bond donors (Lipinski definition) is 3. The quantitative estimate of drug-likeness (QED) is 0.378. The van der Waals surface area contributed by atoms with Gasteiger partial charge >= 0.3 is 0 Å². The van der Waals surface area contributed by atoms with Gasteiger partial charge in [-0.2, -0.15) is 5.10 Å². The summed E-state index contributed by atoms with van der Waals surface area (Å²) in [5.41, 5.74) is 0.467. The van der Waals surface area contributed by atoms with Gasteiger partial charge in [0.25, 0.3) is 17.7 Å². The van der Waals surface area contributed by atoms with Crippen LogP contribution in [0.1, 0.15) is 26.7 Å². The zero-order chi connectivity index (χ0) is 22.8. The maximum atomic E-state index is 13.4. The molecular formula is C19H14ClF2N7O3. The molecule has 0 saturated heterocycles. The number of H-pyrrole nitrogens is 1. The number of aromatic amines is 1. The van der Waals surface area contributed by atoms with Crippen LogP contribution in [-0.4, -0.2) is 36.8 Å². The highest BCUT2D eigenvalue weighted by Crippen LogP contribution is 2.21. The van der Waals surface area contributed by atoms with E-state index in [0.717, 1.165) is 5.69 Å². The van der Waals surface area contributed by atoms with Crippen molar-refractivity contribution in [1.29, 1.82) is 0 Å². The normalized spacial score (nSPS) is 10.9. The van der Waals surface area contributed by atoms with Crippen molar-refractivity contribution in [2.24, 2.45) is 7.05 Å². The Morgan fingerprint density at radius 2 is 1.97 bits per heavy atom. The molecule has 3 heterocycles. The van der Waals surface area contributed by atoms with Gasteiger partial charge in [0, 0.05) is 19.3 Å². The first-order chi connectivity index (χ1) is 15.3. The van der Waals surface area contributed by atoms with E-state index in [1.54, 1.807) is 0 Å². The predicted molar refractivity (Wildman–Crippen MR) is 108 cm³/mol. The second-order valence-corrected chi connectivity index (χ2v) is 6.96. The van der Waals surface area contributed by atoms with Gasteiger partial charge in [0.15, 0.2) is 17.5 Å². The average molecular weight is 462 g/mol. The molecule has 1 aromatic carbocycles. The Balaban J connectivity index is 1.37. The standard InChI is InChI=1S/C19H14ClF2N7O3/c1-29-4-2-3-14(29)19-28-27-16(32-19)8-23-18(31)13-7-15(26-25-13)24-17(30)9-5-11(21)12(22)6-10(9)20/h2-7H,8H2,1H3,(H,23,31)(H2,24,25,26,30). The number of hydrogen-bond acceptors (Lipinski definition) is 6. The minimum atomic E-state index is -1.22. The number of benzene rings is 1. The van der Waals surface area contributed by atoms with E-state index in [-0.39, 0.29) is 34.5 Å². The molecule has 0 radical (unpaired) electrons. The highest BCUT2D eigenvalue weighted by Gasteiger charge is 2.18. The summed E-state index contributed by atoms with van der Waals surface area (Å²) in [5, 5.41) is 18.7. The molecule has 0 spiro atoms. The van der Waals surface area contributed by atoms with Crippen molar-refractivity contribution in [3.63, 3.8) is 0 Å². The summed E-state index contributed by atoms with van der Waals surface area (Å²) in [6, 6.07) is 6.25. The largest absolute Gasteiger partial charge is 0.417 e. The lowest BCUT2D eigenvalue weighted by molar-refractivity contribution is 0.0941. The summed E-state index contributed by atoms with van der Waals surface area (Å²) in [7, 11) is 1.83. The van der Waals surface area contributed by atoms with Crippen molar-refractivity contribution in [2.75, 3.05) is 5.32 Å². The Kier molecular flexibility index (Phi) is 5.69. The van der Waals surface area contributed by atoms with Crippen molar-refractivity contribution in [2.45, 2.75) is 6.54 Å². The molecule has 0 aliphatic rings. The fourth-order valence-electron chi connectivity index (χ4n) is 2.75. The molecule has 3 N–H and O–H groups in total. The summed E-state index contributed by atoms with van der Waals surface area (Å²) in [6.07, 6.45) is 1.83. The van der Waals surface area contributed by atoms with Crippen LogP contribution in [0.4, 0.5) is 14.6 Å². The highest BCUT2D eigenvalue weighted by atomic mass is 35.5. The minimum Gasteiger partial charge on any atom is -0.417 e. The van der Waals surface area contributed by atoms with E-state index in [2.05, 4.69) is 31.0 Å². The number of aryl methyl sites for hydroxylation is 1. The van der Waals surface area contributed by atoms with Crippen LogP contribution >= 0.6 is 11.6 Å². The van der Waals surface area contributed by atoms with Crippen molar-refractivity contribution >= 4 is 29.2 Å². The number of halogens is 3. The maximum Gasteiger partial charge on any atom is 0.269 e. The molecule has 32 heavy (non-hydrogen) atoms. The molecule has 0 atom stereocenters. The Morgan fingerprint density at radius 3 is 2.72 bits per heavy atom. The first-order valence-electron chi connectivity index (χ1n) is 9.05. The lowest BCUT2D eigenvalue weighted by Crippen LogP contribution is -2.23. The van der Waals surface area contributed by atoms with E-state index in [4.69, 9.17) is 16.0 Å². The fourth-order valence-corrected chi connectivity index (χ4v) is 2.98. The molecule has 0 aliphatic heterocycles. The van der Waals surface area contributed by atoms with Crippen molar-refractivity contribution in [3.05, 3.63) is 70.3 Å². The van der Waals surface area contributed by atoms with E-state index in [0.29, 0.717) is 18.0 Å². The van der Waals surface area contributed by atoms with Crippen LogP contribution in [0.3, 0.4) is 0 Å². The van der Waals surface area contributed by atoms with Crippen LogP contribution in [-0.2, 0) is 13.6 Å².